The van der Waals surface area contributed by atoms with Gasteiger partial charge in [0.05, 0.1) is 17.2 Å². The van der Waals surface area contributed by atoms with E-state index >= 15 is 0 Å². The molecule has 0 radical (unpaired) electrons. The zero-order valence-corrected chi connectivity index (χ0v) is 11.8. The maximum atomic E-state index is 12.3. The Morgan fingerprint density at radius 1 is 1.05 bits per heavy atom. The third kappa shape index (κ3) is 1.92. The van der Waals surface area contributed by atoms with E-state index in [1.54, 1.807) is 13.4 Å². The van der Waals surface area contributed by atoms with Gasteiger partial charge >= 0.3 is 0 Å². The molecule has 2 aromatic carbocycles. The molecule has 0 fully saturated rings. The van der Waals surface area contributed by atoms with Gasteiger partial charge in [-0.25, -0.2) is 4.98 Å². The summed E-state index contributed by atoms with van der Waals surface area (Å²) in [4.78, 5) is 16.7. The predicted molar refractivity (Wildman–Crippen MR) is 81.9 cm³/mol. The van der Waals surface area contributed by atoms with Gasteiger partial charge in [-0.1, -0.05) is 24.3 Å². The molecule has 0 atom stereocenters. The van der Waals surface area contributed by atoms with Crippen LogP contribution in [0.1, 0.15) is 11.1 Å². The van der Waals surface area contributed by atoms with E-state index in [4.69, 9.17) is 0 Å². The third-order valence-electron chi connectivity index (χ3n) is 3.60. The first kappa shape index (κ1) is 12.6. The van der Waals surface area contributed by atoms with Gasteiger partial charge in [-0.05, 0) is 42.7 Å². The largest absolute Gasteiger partial charge is 0.302 e. The lowest BCUT2D eigenvalue weighted by molar-refractivity contribution is 0.843. The van der Waals surface area contributed by atoms with Crippen LogP contribution in [0, 0.1) is 13.8 Å². The van der Waals surface area contributed by atoms with Crippen molar-refractivity contribution < 1.29 is 0 Å². The minimum absolute atomic E-state index is 0.00599. The molecule has 100 valence electrons. The molecule has 20 heavy (non-hydrogen) atoms. The van der Waals surface area contributed by atoms with E-state index in [0.29, 0.717) is 5.39 Å². The minimum Gasteiger partial charge on any atom is -0.302 e. The van der Waals surface area contributed by atoms with Crippen LogP contribution >= 0.6 is 0 Å². The van der Waals surface area contributed by atoms with Gasteiger partial charge in [-0.3, -0.25) is 4.79 Å². The molecule has 0 N–H and O–H groups in total. The number of fused-ring (bicyclic) bond motifs is 1. The lowest BCUT2D eigenvalue weighted by Gasteiger charge is -2.11. The Hall–Kier alpha value is -2.42. The molecular weight excluding hydrogens is 248 g/mol. The minimum atomic E-state index is -0.00599. The Morgan fingerprint density at radius 3 is 2.55 bits per heavy atom. The van der Waals surface area contributed by atoms with Gasteiger partial charge in [0.1, 0.15) is 0 Å². The fourth-order valence-corrected chi connectivity index (χ4v) is 2.55. The Morgan fingerprint density at radius 2 is 1.80 bits per heavy atom. The number of rotatable bonds is 1. The molecule has 3 heteroatoms. The van der Waals surface area contributed by atoms with Gasteiger partial charge in [0, 0.05) is 12.6 Å². The van der Waals surface area contributed by atoms with Gasteiger partial charge in [0.2, 0.25) is 0 Å². The Kier molecular flexibility index (Phi) is 2.90. The molecular formula is C17H16N2O. The summed E-state index contributed by atoms with van der Waals surface area (Å²) >= 11 is 0. The van der Waals surface area contributed by atoms with Crippen LogP contribution in [0.25, 0.3) is 22.0 Å². The van der Waals surface area contributed by atoms with Crippen molar-refractivity contribution in [2.45, 2.75) is 13.8 Å². The molecule has 1 aromatic heterocycles. The van der Waals surface area contributed by atoms with Crippen LogP contribution in [0.4, 0.5) is 0 Å². The number of hydrogen-bond acceptors (Lipinski definition) is 2. The summed E-state index contributed by atoms with van der Waals surface area (Å²) in [7, 11) is 1.73. The van der Waals surface area contributed by atoms with Crippen molar-refractivity contribution in [1.82, 2.24) is 9.55 Å². The second kappa shape index (κ2) is 4.60. The van der Waals surface area contributed by atoms with E-state index in [2.05, 4.69) is 30.1 Å². The summed E-state index contributed by atoms with van der Waals surface area (Å²) in [5.41, 5.74) is 5.17. The first-order chi connectivity index (χ1) is 9.58. The zero-order valence-electron chi connectivity index (χ0n) is 11.8. The molecule has 0 bridgehead atoms. The summed E-state index contributed by atoms with van der Waals surface area (Å²) in [6.07, 6.45) is 1.59. The van der Waals surface area contributed by atoms with E-state index in [1.165, 1.54) is 10.1 Å². The summed E-state index contributed by atoms with van der Waals surface area (Å²) in [6.45, 7) is 4.08. The molecule has 0 unspecified atom stereocenters. The molecule has 0 saturated heterocycles. The van der Waals surface area contributed by atoms with Crippen LogP contribution in [0.2, 0.25) is 0 Å². The SMILES string of the molecule is Cc1cc(-c2ccccc2C)c2ncn(C)c(=O)c2c1. The van der Waals surface area contributed by atoms with Crippen molar-refractivity contribution in [3.05, 3.63) is 64.2 Å². The number of benzene rings is 2. The smallest absolute Gasteiger partial charge is 0.260 e. The van der Waals surface area contributed by atoms with Crippen molar-refractivity contribution in [3.63, 3.8) is 0 Å². The van der Waals surface area contributed by atoms with Crippen LogP contribution < -0.4 is 5.56 Å². The molecule has 0 amide bonds. The van der Waals surface area contributed by atoms with Gasteiger partial charge < -0.3 is 4.57 Å². The molecule has 0 aliphatic carbocycles. The van der Waals surface area contributed by atoms with Crippen LogP contribution in [0.15, 0.2) is 47.5 Å². The average Bonchev–Trinajstić information content (AvgIpc) is 2.43. The maximum Gasteiger partial charge on any atom is 0.260 e. The van der Waals surface area contributed by atoms with Crippen molar-refractivity contribution in [1.29, 1.82) is 0 Å². The van der Waals surface area contributed by atoms with Gasteiger partial charge in [-0.15, -0.1) is 0 Å². The maximum absolute atomic E-state index is 12.3. The van der Waals surface area contributed by atoms with E-state index in [9.17, 15) is 4.79 Å². The third-order valence-corrected chi connectivity index (χ3v) is 3.60. The molecule has 1 heterocycles. The number of aromatic nitrogens is 2. The van der Waals surface area contributed by atoms with E-state index < -0.39 is 0 Å². The molecule has 3 aromatic rings. The highest BCUT2D eigenvalue weighted by Gasteiger charge is 2.11. The fraction of sp³-hybridized carbons (Fsp3) is 0.176. The van der Waals surface area contributed by atoms with Crippen LogP contribution in [-0.4, -0.2) is 9.55 Å². The molecule has 0 spiro atoms. The topological polar surface area (TPSA) is 34.9 Å². The van der Waals surface area contributed by atoms with Crippen molar-refractivity contribution in [2.75, 3.05) is 0 Å². The van der Waals surface area contributed by atoms with Crippen LogP contribution in [0.5, 0.6) is 0 Å². The summed E-state index contributed by atoms with van der Waals surface area (Å²) in [6, 6.07) is 12.2. The quantitative estimate of drug-likeness (QED) is 0.676. The molecule has 0 saturated carbocycles. The van der Waals surface area contributed by atoms with Gasteiger partial charge in [0.25, 0.3) is 5.56 Å². The summed E-state index contributed by atoms with van der Waals surface area (Å²) in [5, 5.41) is 0.674. The van der Waals surface area contributed by atoms with Crippen LogP contribution in [0.3, 0.4) is 0 Å². The van der Waals surface area contributed by atoms with E-state index in [0.717, 1.165) is 22.2 Å². The highest BCUT2D eigenvalue weighted by atomic mass is 16.1. The Labute approximate surface area is 117 Å². The van der Waals surface area contributed by atoms with Gasteiger partial charge in [0.15, 0.2) is 0 Å². The average molecular weight is 264 g/mol. The normalized spacial score (nSPS) is 10.9. The summed E-state index contributed by atoms with van der Waals surface area (Å²) in [5.74, 6) is 0. The lowest BCUT2D eigenvalue weighted by atomic mass is 9.96. The standard InChI is InChI=1S/C17H16N2O/c1-11-8-14(13-7-5-4-6-12(13)2)16-15(9-11)17(20)19(3)10-18-16/h4-10H,1-3H3. The highest BCUT2D eigenvalue weighted by Crippen LogP contribution is 2.29. The second-order valence-corrected chi connectivity index (χ2v) is 5.18. The molecule has 3 rings (SSSR count). The second-order valence-electron chi connectivity index (χ2n) is 5.18. The first-order valence-corrected chi connectivity index (χ1v) is 6.60. The zero-order chi connectivity index (χ0) is 14.3. The molecule has 0 aliphatic heterocycles. The highest BCUT2D eigenvalue weighted by molar-refractivity contribution is 5.94. The Bertz CT molecular complexity index is 862. The molecule has 3 nitrogen and oxygen atoms in total. The number of nitrogens with zero attached hydrogens (tertiary/aromatic N) is 2. The monoisotopic (exact) mass is 264 g/mol. The number of aryl methyl sites for hydroxylation is 3. The van der Waals surface area contributed by atoms with Crippen molar-refractivity contribution in [2.24, 2.45) is 7.05 Å². The van der Waals surface area contributed by atoms with Crippen molar-refractivity contribution in [3.8, 4) is 11.1 Å². The Balaban J connectivity index is 2.46. The van der Waals surface area contributed by atoms with Crippen molar-refractivity contribution >= 4 is 10.9 Å². The van der Waals surface area contributed by atoms with Gasteiger partial charge in [-0.2, -0.15) is 0 Å². The fourth-order valence-electron chi connectivity index (χ4n) is 2.55. The first-order valence-electron chi connectivity index (χ1n) is 6.60. The summed E-state index contributed by atoms with van der Waals surface area (Å²) < 4.78 is 1.52. The number of hydrogen-bond donors (Lipinski definition) is 0. The van der Waals surface area contributed by atoms with E-state index in [-0.39, 0.29) is 5.56 Å². The van der Waals surface area contributed by atoms with Crippen LogP contribution in [-0.2, 0) is 7.05 Å². The molecule has 0 aliphatic rings. The lowest BCUT2D eigenvalue weighted by Crippen LogP contribution is -2.17. The predicted octanol–water partition coefficient (Wildman–Crippen LogP) is 3.22. The van der Waals surface area contributed by atoms with E-state index in [1.807, 2.05) is 25.1 Å².